The van der Waals surface area contributed by atoms with Crippen LogP contribution in [-0.2, 0) is 6.54 Å². The van der Waals surface area contributed by atoms with E-state index < -0.39 is 0 Å². The molecule has 0 saturated carbocycles. The summed E-state index contributed by atoms with van der Waals surface area (Å²) in [7, 11) is 2.06. The van der Waals surface area contributed by atoms with E-state index in [1.807, 2.05) is 25.1 Å². The molecule has 5 heteroatoms. The molecule has 0 atom stereocenters. The van der Waals surface area contributed by atoms with Gasteiger partial charge in [0.05, 0.1) is 10.9 Å². The molecule has 100 valence electrons. The first-order valence-corrected chi connectivity index (χ1v) is 7.43. The van der Waals surface area contributed by atoms with Gasteiger partial charge in [-0.25, -0.2) is 0 Å². The van der Waals surface area contributed by atoms with Gasteiger partial charge in [-0.2, -0.15) is 0 Å². The summed E-state index contributed by atoms with van der Waals surface area (Å²) in [6.45, 7) is 2.86. The van der Waals surface area contributed by atoms with E-state index in [2.05, 4.69) is 24.1 Å². The van der Waals surface area contributed by atoms with E-state index in [0.717, 1.165) is 27.7 Å². The first kappa shape index (κ1) is 14.3. The van der Waals surface area contributed by atoms with E-state index in [4.69, 9.17) is 29.6 Å². The van der Waals surface area contributed by atoms with Gasteiger partial charge in [0, 0.05) is 23.2 Å². The summed E-state index contributed by atoms with van der Waals surface area (Å²) in [4.78, 5) is 3.86. The van der Waals surface area contributed by atoms with Crippen LogP contribution in [0.25, 0.3) is 0 Å². The minimum absolute atomic E-state index is 0.441. The molecule has 0 aliphatic rings. The van der Waals surface area contributed by atoms with Crippen molar-refractivity contribution in [1.29, 1.82) is 0 Å². The SMILES string of the molecule is Cc1cc(N(C)Cc2ccc(Cl)s2)ccc1C(N)=S. The molecule has 0 aliphatic carbocycles. The maximum absolute atomic E-state index is 5.94. The Balaban J connectivity index is 2.17. The number of hydrogen-bond acceptors (Lipinski definition) is 3. The van der Waals surface area contributed by atoms with Crippen LogP contribution in [0.1, 0.15) is 16.0 Å². The molecule has 1 aromatic heterocycles. The van der Waals surface area contributed by atoms with Crippen molar-refractivity contribution in [3.8, 4) is 0 Å². The number of thiophene rings is 1. The summed E-state index contributed by atoms with van der Waals surface area (Å²) < 4.78 is 0.823. The average Bonchev–Trinajstić information content (AvgIpc) is 2.74. The Morgan fingerprint density at radius 1 is 1.37 bits per heavy atom. The van der Waals surface area contributed by atoms with Gasteiger partial charge in [-0.05, 0) is 42.8 Å². The van der Waals surface area contributed by atoms with Gasteiger partial charge in [-0.3, -0.25) is 0 Å². The smallest absolute Gasteiger partial charge is 0.104 e. The van der Waals surface area contributed by atoms with Crippen molar-refractivity contribution < 1.29 is 0 Å². The molecule has 0 saturated heterocycles. The summed E-state index contributed by atoms with van der Waals surface area (Å²) in [5.74, 6) is 0. The Morgan fingerprint density at radius 3 is 2.63 bits per heavy atom. The van der Waals surface area contributed by atoms with E-state index in [9.17, 15) is 0 Å². The molecule has 2 rings (SSSR count). The Kier molecular flexibility index (Phi) is 4.45. The van der Waals surface area contributed by atoms with Crippen molar-refractivity contribution in [2.75, 3.05) is 11.9 Å². The van der Waals surface area contributed by atoms with Crippen LogP contribution in [0.15, 0.2) is 30.3 Å². The molecular weight excluding hydrogens is 296 g/mol. The summed E-state index contributed by atoms with van der Waals surface area (Å²) in [5, 5.41) is 0. The molecule has 0 radical (unpaired) electrons. The molecule has 0 unspecified atom stereocenters. The molecule has 0 spiro atoms. The molecule has 2 aromatic rings. The number of hydrogen-bond donors (Lipinski definition) is 1. The molecule has 1 heterocycles. The van der Waals surface area contributed by atoms with E-state index >= 15 is 0 Å². The predicted octanol–water partition coefficient (Wildman–Crippen LogP) is 3.98. The number of thiocarbonyl (C=S) groups is 1. The maximum atomic E-state index is 5.94. The monoisotopic (exact) mass is 310 g/mol. The zero-order chi connectivity index (χ0) is 14.0. The molecule has 0 aliphatic heterocycles. The Bertz CT molecular complexity index is 607. The van der Waals surface area contributed by atoms with Crippen molar-refractivity contribution in [1.82, 2.24) is 0 Å². The molecule has 0 fully saturated rings. The number of halogens is 1. The predicted molar refractivity (Wildman–Crippen MR) is 88.5 cm³/mol. The van der Waals surface area contributed by atoms with Gasteiger partial charge in [0.25, 0.3) is 0 Å². The van der Waals surface area contributed by atoms with Crippen molar-refractivity contribution in [2.45, 2.75) is 13.5 Å². The highest BCUT2D eigenvalue weighted by molar-refractivity contribution is 7.80. The van der Waals surface area contributed by atoms with Crippen LogP contribution >= 0.6 is 35.2 Å². The lowest BCUT2D eigenvalue weighted by atomic mass is 10.1. The minimum atomic E-state index is 0.441. The first-order chi connectivity index (χ1) is 8.97. The molecule has 2 N–H and O–H groups in total. The summed E-state index contributed by atoms with van der Waals surface area (Å²) >= 11 is 12.6. The van der Waals surface area contributed by atoms with Gasteiger partial charge in [0.15, 0.2) is 0 Å². The van der Waals surface area contributed by atoms with E-state index in [0.29, 0.717) is 4.99 Å². The maximum Gasteiger partial charge on any atom is 0.104 e. The first-order valence-electron chi connectivity index (χ1n) is 5.83. The Morgan fingerprint density at radius 2 is 2.11 bits per heavy atom. The van der Waals surface area contributed by atoms with Crippen LogP contribution in [0.2, 0.25) is 4.34 Å². The van der Waals surface area contributed by atoms with E-state index in [1.54, 1.807) is 11.3 Å². The molecule has 1 aromatic carbocycles. The number of rotatable bonds is 4. The second-order valence-corrected chi connectivity index (χ2v) is 6.66. The van der Waals surface area contributed by atoms with Crippen LogP contribution in [0.3, 0.4) is 0 Å². The fraction of sp³-hybridized carbons (Fsp3) is 0.214. The number of benzene rings is 1. The fourth-order valence-corrected chi connectivity index (χ4v) is 3.29. The quantitative estimate of drug-likeness (QED) is 0.866. The van der Waals surface area contributed by atoms with Crippen LogP contribution in [-0.4, -0.2) is 12.0 Å². The molecule has 2 nitrogen and oxygen atoms in total. The molecule has 19 heavy (non-hydrogen) atoms. The van der Waals surface area contributed by atoms with Crippen molar-refractivity contribution in [3.05, 3.63) is 50.7 Å². The molecule has 0 bridgehead atoms. The number of aryl methyl sites for hydroxylation is 1. The lowest BCUT2D eigenvalue weighted by molar-refractivity contribution is 0.939. The highest BCUT2D eigenvalue weighted by atomic mass is 35.5. The van der Waals surface area contributed by atoms with Gasteiger partial charge in [-0.15, -0.1) is 11.3 Å². The van der Waals surface area contributed by atoms with E-state index in [1.165, 1.54) is 4.88 Å². The van der Waals surface area contributed by atoms with Crippen LogP contribution in [0.4, 0.5) is 5.69 Å². The summed E-state index contributed by atoms with van der Waals surface area (Å²) in [6.07, 6.45) is 0. The lowest BCUT2D eigenvalue weighted by Gasteiger charge is -2.19. The highest BCUT2D eigenvalue weighted by Gasteiger charge is 2.07. The van der Waals surface area contributed by atoms with Gasteiger partial charge in [0.2, 0.25) is 0 Å². The van der Waals surface area contributed by atoms with Gasteiger partial charge < -0.3 is 10.6 Å². The van der Waals surface area contributed by atoms with Gasteiger partial charge in [-0.1, -0.05) is 23.8 Å². The third-order valence-corrected chi connectivity index (χ3v) is 4.37. The van der Waals surface area contributed by atoms with Crippen molar-refractivity contribution in [3.63, 3.8) is 0 Å². The molecular formula is C14H15ClN2S2. The Hall–Kier alpha value is -1.10. The van der Waals surface area contributed by atoms with Gasteiger partial charge >= 0.3 is 0 Å². The second-order valence-electron chi connectivity index (χ2n) is 4.43. The minimum Gasteiger partial charge on any atom is -0.389 e. The zero-order valence-electron chi connectivity index (χ0n) is 10.8. The highest BCUT2D eigenvalue weighted by Crippen LogP contribution is 2.25. The second kappa shape index (κ2) is 5.90. The third-order valence-electron chi connectivity index (χ3n) is 2.94. The number of nitrogens with two attached hydrogens (primary N) is 1. The van der Waals surface area contributed by atoms with E-state index in [-0.39, 0.29) is 0 Å². The number of nitrogens with zero attached hydrogens (tertiary/aromatic N) is 1. The Labute approximate surface area is 127 Å². The fourth-order valence-electron chi connectivity index (χ4n) is 1.92. The average molecular weight is 311 g/mol. The lowest BCUT2D eigenvalue weighted by Crippen LogP contribution is -2.17. The number of anilines is 1. The summed E-state index contributed by atoms with van der Waals surface area (Å²) in [6, 6.07) is 10.1. The topological polar surface area (TPSA) is 29.3 Å². The van der Waals surface area contributed by atoms with Gasteiger partial charge in [0.1, 0.15) is 4.99 Å². The van der Waals surface area contributed by atoms with Crippen LogP contribution in [0, 0.1) is 6.92 Å². The van der Waals surface area contributed by atoms with Crippen LogP contribution in [0.5, 0.6) is 0 Å². The van der Waals surface area contributed by atoms with Crippen molar-refractivity contribution >= 4 is 45.8 Å². The zero-order valence-corrected chi connectivity index (χ0v) is 13.2. The normalized spacial score (nSPS) is 10.5. The molecule has 0 amide bonds. The summed E-state index contributed by atoms with van der Waals surface area (Å²) in [5.41, 5.74) is 8.85. The standard InChI is InChI=1S/C14H15ClN2S2/c1-9-7-10(3-5-12(9)14(16)18)17(2)8-11-4-6-13(15)19-11/h3-7H,8H2,1-2H3,(H2,16,18). The van der Waals surface area contributed by atoms with Crippen molar-refractivity contribution in [2.24, 2.45) is 5.73 Å². The largest absolute Gasteiger partial charge is 0.389 e. The van der Waals surface area contributed by atoms with Crippen LogP contribution < -0.4 is 10.6 Å². The third kappa shape index (κ3) is 3.47.